The van der Waals surface area contributed by atoms with Crippen LogP contribution in [0.3, 0.4) is 0 Å². The Bertz CT molecular complexity index is 1230. The Morgan fingerprint density at radius 3 is 2.77 bits per heavy atom. The summed E-state index contributed by atoms with van der Waals surface area (Å²) in [6, 6.07) is 7.78. The zero-order chi connectivity index (χ0) is 18.6. The second-order valence-corrected chi connectivity index (χ2v) is 6.38. The average molecular weight is 367 g/mol. The highest BCUT2D eigenvalue weighted by Gasteiger charge is 2.24. The number of nitrogen functional groups attached to an aromatic ring is 1. The number of aryl methyl sites for hydroxylation is 2. The van der Waals surface area contributed by atoms with Gasteiger partial charge in [0, 0.05) is 11.1 Å². The largest absolute Gasteiger partial charge is 0.495 e. The van der Waals surface area contributed by atoms with Crippen LogP contribution in [-0.4, -0.2) is 26.3 Å². The van der Waals surface area contributed by atoms with Gasteiger partial charge in [0.05, 0.1) is 12.8 Å². The highest BCUT2D eigenvalue weighted by molar-refractivity contribution is 6.34. The van der Waals surface area contributed by atoms with Crippen LogP contribution in [0.5, 0.6) is 5.75 Å². The summed E-state index contributed by atoms with van der Waals surface area (Å²) in [5, 5.41) is 15.1. The van der Waals surface area contributed by atoms with Crippen molar-refractivity contribution in [1.29, 1.82) is 5.26 Å². The zero-order valence-corrected chi connectivity index (χ0v) is 15.2. The molecule has 0 atom stereocenters. The molecule has 0 aliphatic rings. The molecule has 0 radical (unpaired) electrons. The first-order valence-electron chi connectivity index (χ1n) is 7.86. The summed E-state index contributed by atoms with van der Waals surface area (Å²) in [6.45, 7) is 3.83. The minimum Gasteiger partial charge on any atom is -0.495 e. The Balaban J connectivity index is 2.28. The number of nitrogens with two attached hydrogens (primary N) is 1. The fraction of sp³-hybridized carbons (Fsp3) is 0.167. The molecule has 3 heterocycles. The van der Waals surface area contributed by atoms with Gasteiger partial charge in [0.15, 0.2) is 5.65 Å². The van der Waals surface area contributed by atoms with Crippen molar-refractivity contribution in [2.75, 3.05) is 12.8 Å². The molecule has 0 aliphatic heterocycles. The minimum atomic E-state index is 0.302. The molecule has 130 valence electrons. The van der Waals surface area contributed by atoms with Crippen molar-refractivity contribution in [2.45, 2.75) is 13.8 Å². The number of halogens is 1. The van der Waals surface area contributed by atoms with Gasteiger partial charge in [-0.15, -0.1) is 0 Å². The van der Waals surface area contributed by atoms with Crippen molar-refractivity contribution in [3.05, 3.63) is 46.4 Å². The van der Waals surface area contributed by atoms with Crippen molar-refractivity contribution in [2.24, 2.45) is 0 Å². The molecule has 0 unspecified atom stereocenters. The number of fused-ring (bicyclic) bond motifs is 3. The average Bonchev–Trinajstić information content (AvgIpc) is 3.19. The van der Waals surface area contributed by atoms with Crippen LogP contribution in [0, 0.1) is 25.2 Å². The maximum Gasteiger partial charge on any atom is 0.180 e. The van der Waals surface area contributed by atoms with Gasteiger partial charge in [-0.3, -0.25) is 4.57 Å². The number of aromatic nitrogens is 4. The molecule has 0 saturated carbocycles. The van der Waals surface area contributed by atoms with E-state index in [4.69, 9.17) is 22.1 Å². The van der Waals surface area contributed by atoms with E-state index >= 15 is 0 Å². The van der Waals surface area contributed by atoms with Crippen LogP contribution in [0.4, 0.5) is 5.82 Å². The number of benzene rings is 1. The third kappa shape index (κ3) is 1.99. The molecule has 3 aromatic heterocycles. The molecule has 0 spiro atoms. The van der Waals surface area contributed by atoms with Gasteiger partial charge in [0.1, 0.15) is 40.1 Å². The molecule has 4 aromatic rings. The van der Waals surface area contributed by atoms with E-state index in [9.17, 15) is 5.26 Å². The fourth-order valence-corrected chi connectivity index (χ4v) is 3.70. The van der Waals surface area contributed by atoms with Crippen LogP contribution < -0.4 is 10.5 Å². The molecule has 4 rings (SSSR count). The molecule has 1 aromatic carbocycles. The number of nitrogens with zero attached hydrogens (tertiary/aromatic N) is 5. The van der Waals surface area contributed by atoms with E-state index in [2.05, 4.69) is 16.2 Å². The molecule has 0 fully saturated rings. The number of nitriles is 1. The van der Waals surface area contributed by atoms with Crippen LogP contribution >= 0.6 is 11.6 Å². The molecule has 2 N–H and O–H groups in total. The highest BCUT2D eigenvalue weighted by atomic mass is 35.5. The summed E-state index contributed by atoms with van der Waals surface area (Å²) in [7, 11) is 1.55. The molecule has 0 saturated heterocycles. The Morgan fingerprint density at radius 1 is 1.31 bits per heavy atom. The van der Waals surface area contributed by atoms with Crippen LogP contribution in [0.15, 0.2) is 24.5 Å². The summed E-state index contributed by atoms with van der Waals surface area (Å²) in [5.74, 6) is 0.827. The first-order valence-corrected chi connectivity index (χ1v) is 8.24. The second kappa shape index (κ2) is 5.64. The van der Waals surface area contributed by atoms with Crippen molar-refractivity contribution in [3.63, 3.8) is 0 Å². The summed E-state index contributed by atoms with van der Waals surface area (Å²) < 4.78 is 8.83. The van der Waals surface area contributed by atoms with Gasteiger partial charge in [0.25, 0.3) is 0 Å². The highest BCUT2D eigenvalue weighted by Crippen LogP contribution is 2.40. The zero-order valence-electron chi connectivity index (χ0n) is 14.4. The smallest absolute Gasteiger partial charge is 0.180 e. The minimum absolute atomic E-state index is 0.302. The predicted molar refractivity (Wildman–Crippen MR) is 100.0 cm³/mol. The standard InChI is InChI=1S/C18H15ClN6O/c1-9-4-5-13(26-3)14(19)15(9)24-16-11(12(7-20)17(24)21)6-10(2)25-18(16)22-8-23-25/h4-6,8H,21H2,1-3H3. The van der Waals surface area contributed by atoms with E-state index in [1.54, 1.807) is 22.3 Å². The Labute approximate surface area is 154 Å². The van der Waals surface area contributed by atoms with E-state index in [1.165, 1.54) is 6.33 Å². The maximum atomic E-state index is 9.69. The summed E-state index contributed by atoms with van der Waals surface area (Å²) in [4.78, 5) is 4.38. The molecular formula is C18H15ClN6O. The third-order valence-corrected chi connectivity index (χ3v) is 4.90. The Kier molecular flexibility index (Phi) is 3.53. The van der Waals surface area contributed by atoms with Gasteiger partial charge in [-0.25, -0.2) is 9.50 Å². The van der Waals surface area contributed by atoms with Gasteiger partial charge in [-0.2, -0.15) is 10.4 Å². The van der Waals surface area contributed by atoms with Gasteiger partial charge >= 0.3 is 0 Å². The predicted octanol–water partition coefficient (Wildman–Crippen LogP) is 3.41. The number of hydrogen-bond donors (Lipinski definition) is 1. The molecule has 26 heavy (non-hydrogen) atoms. The maximum absolute atomic E-state index is 9.69. The first-order chi connectivity index (χ1) is 12.5. The van der Waals surface area contributed by atoms with Gasteiger partial charge in [-0.05, 0) is 31.5 Å². The van der Waals surface area contributed by atoms with E-state index in [1.807, 2.05) is 26.0 Å². The van der Waals surface area contributed by atoms with Gasteiger partial charge < -0.3 is 10.5 Å². The molecule has 0 amide bonds. The third-order valence-electron chi connectivity index (χ3n) is 4.53. The number of pyridine rings is 1. The SMILES string of the molecule is COc1ccc(C)c(-n2c(N)c(C#N)c3cc(C)n4ncnc4c32)c1Cl. The van der Waals surface area contributed by atoms with Crippen molar-refractivity contribution in [1.82, 2.24) is 19.2 Å². The summed E-state index contributed by atoms with van der Waals surface area (Å²) >= 11 is 6.60. The Hall–Kier alpha value is -3.24. The lowest BCUT2D eigenvalue weighted by molar-refractivity contribution is 0.415. The van der Waals surface area contributed by atoms with E-state index in [0.717, 1.165) is 11.3 Å². The van der Waals surface area contributed by atoms with Crippen LogP contribution in [0.1, 0.15) is 16.8 Å². The quantitative estimate of drug-likeness (QED) is 0.586. The van der Waals surface area contributed by atoms with Crippen LogP contribution in [-0.2, 0) is 0 Å². The Morgan fingerprint density at radius 2 is 2.08 bits per heavy atom. The monoisotopic (exact) mass is 366 g/mol. The first kappa shape index (κ1) is 16.2. The summed E-state index contributed by atoms with van der Waals surface area (Å²) in [6.07, 6.45) is 1.47. The van der Waals surface area contributed by atoms with Crippen molar-refractivity contribution >= 4 is 34.0 Å². The van der Waals surface area contributed by atoms with E-state index in [-0.39, 0.29) is 0 Å². The number of anilines is 1. The van der Waals surface area contributed by atoms with Gasteiger partial charge in [0.2, 0.25) is 0 Å². The van der Waals surface area contributed by atoms with Crippen LogP contribution in [0.25, 0.3) is 22.2 Å². The number of ether oxygens (including phenoxy) is 1. The summed E-state index contributed by atoms with van der Waals surface area (Å²) in [5.41, 5.74) is 10.4. The lowest BCUT2D eigenvalue weighted by Gasteiger charge is -2.16. The molecule has 8 heteroatoms. The van der Waals surface area contributed by atoms with Crippen molar-refractivity contribution in [3.8, 4) is 17.5 Å². The normalized spacial score (nSPS) is 11.2. The number of hydrogen-bond acceptors (Lipinski definition) is 5. The molecule has 0 bridgehead atoms. The van der Waals surface area contributed by atoms with Crippen LogP contribution in [0.2, 0.25) is 5.02 Å². The fourth-order valence-electron chi connectivity index (χ4n) is 3.33. The van der Waals surface area contributed by atoms with Gasteiger partial charge in [-0.1, -0.05) is 17.7 Å². The van der Waals surface area contributed by atoms with Crippen molar-refractivity contribution < 1.29 is 4.74 Å². The number of methoxy groups -OCH3 is 1. The lowest BCUT2D eigenvalue weighted by atomic mass is 10.1. The van der Waals surface area contributed by atoms with E-state index < -0.39 is 0 Å². The molecule has 0 aliphatic carbocycles. The molecular weight excluding hydrogens is 352 g/mol. The van der Waals surface area contributed by atoms with E-state index in [0.29, 0.717) is 44.4 Å². The topological polar surface area (TPSA) is 94.2 Å². The second-order valence-electron chi connectivity index (χ2n) is 6.00. The lowest BCUT2D eigenvalue weighted by Crippen LogP contribution is -2.05. The molecule has 7 nitrogen and oxygen atoms in total. The number of rotatable bonds is 2.